The summed E-state index contributed by atoms with van der Waals surface area (Å²) in [6.45, 7) is 1.13. The fourth-order valence-electron chi connectivity index (χ4n) is 2.51. The van der Waals surface area contributed by atoms with Crippen molar-refractivity contribution >= 4 is 11.8 Å². The van der Waals surface area contributed by atoms with Gasteiger partial charge in [0.2, 0.25) is 18.6 Å². The van der Waals surface area contributed by atoms with Crippen LogP contribution in [0.2, 0.25) is 0 Å². The molecule has 0 bridgehead atoms. The predicted octanol–water partition coefficient (Wildman–Crippen LogP) is 0.392. The SMILES string of the molecule is CN1C[C@H](C(=O)NCC#CCOc2ccc3c(c2)OCO3)CC1=O. The third-order valence-corrected chi connectivity index (χ3v) is 3.84. The maximum absolute atomic E-state index is 11.9. The van der Waals surface area contributed by atoms with Gasteiger partial charge in [0.25, 0.3) is 0 Å². The van der Waals surface area contributed by atoms with E-state index in [-0.39, 0.29) is 44.1 Å². The van der Waals surface area contributed by atoms with Gasteiger partial charge in [-0.1, -0.05) is 11.8 Å². The number of hydrogen-bond acceptors (Lipinski definition) is 5. The van der Waals surface area contributed by atoms with Gasteiger partial charge in [-0.3, -0.25) is 9.59 Å². The Morgan fingerprint density at radius 1 is 1.38 bits per heavy atom. The lowest BCUT2D eigenvalue weighted by Gasteiger charge is -2.09. The minimum absolute atomic E-state index is 0.00152. The van der Waals surface area contributed by atoms with Crippen LogP contribution in [0.25, 0.3) is 0 Å². The van der Waals surface area contributed by atoms with Crippen LogP contribution in [0.1, 0.15) is 6.42 Å². The molecule has 0 radical (unpaired) electrons. The molecule has 1 saturated heterocycles. The van der Waals surface area contributed by atoms with Crippen LogP contribution in [0.4, 0.5) is 0 Å². The van der Waals surface area contributed by atoms with Crippen molar-refractivity contribution in [2.75, 3.05) is 33.5 Å². The van der Waals surface area contributed by atoms with E-state index in [1.54, 1.807) is 30.1 Å². The highest BCUT2D eigenvalue weighted by atomic mass is 16.7. The largest absolute Gasteiger partial charge is 0.481 e. The van der Waals surface area contributed by atoms with Gasteiger partial charge in [-0.25, -0.2) is 0 Å². The topological polar surface area (TPSA) is 77.1 Å². The second-order valence-corrected chi connectivity index (χ2v) is 5.55. The zero-order valence-corrected chi connectivity index (χ0v) is 13.3. The van der Waals surface area contributed by atoms with Crippen molar-refractivity contribution in [3.63, 3.8) is 0 Å². The molecule has 24 heavy (non-hydrogen) atoms. The van der Waals surface area contributed by atoms with E-state index in [9.17, 15) is 9.59 Å². The third kappa shape index (κ3) is 3.71. The average Bonchev–Trinajstić information content (AvgIpc) is 3.17. The summed E-state index contributed by atoms with van der Waals surface area (Å²) in [5.74, 6) is 7.23. The van der Waals surface area contributed by atoms with Gasteiger partial charge >= 0.3 is 0 Å². The number of carbonyl (C=O) groups excluding carboxylic acids is 2. The lowest BCUT2D eigenvalue weighted by Crippen LogP contribution is -2.32. The van der Waals surface area contributed by atoms with Crippen LogP contribution in [0.5, 0.6) is 17.2 Å². The van der Waals surface area contributed by atoms with Crippen LogP contribution in [-0.4, -0.2) is 50.3 Å². The number of fused-ring (bicyclic) bond motifs is 1. The minimum atomic E-state index is -0.283. The second-order valence-electron chi connectivity index (χ2n) is 5.55. The Hall–Kier alpha value is -2.88. The maximum Gasteiger partial charge on any atom is 0.231 e. The fraction of sp³-hybridized carbons (Fsp3) is 0.412. The summed E-state index contributed by atoms with van der Waals surface area (Å²) >= 11 is 0. The Morgan fingerprint density at radius 2 is 2.21 bits per heavy atom. The molecule has 1 fully saturated rings. The van der Waals surface area contributed by atoms with Crippen LogP contribution < -0.4 is 19.5 Å². The van der Waals surface area contributed by atoms with E-state index in [4.69, 9.17) is 14.2 Å². The molecule has 1 N–H and O–H groups in total. The first kappa shape index (κ1) is 16.0. The lowest BCUT2D eigenvalue weighted by molar-refractivity contribution is -0.128. The monoisotopic (exact) mass is 330 g/mol. The quantitative estimate of drug-likeness (QED) is 0.808. The standard InChI is InChI=1S/C17H18N2O5/c1-19-10-12(8-16(19)20)17(21)18-6-2-3-7-22-13-4-5-14-15(9-13)24-11-23-14/h4-5,9,12H,6-8,10-11H2,1H3,(H,18,21)/t12-/m1/s1. The number of amides is 2. The van der Waals surface area contributed by atoms with Crippen LogP contribution in [-0.2, 0) is 9.59 Å². The molecule has 0 aliphatic carbocycles. The third-order valence-electron chi connectivity index (χ3n) is 3.84. The summed E-state index contributed by atoms with van der Waals surface area (Å²) in [6.07, 6.45) is 0.267. The van der Waals surface area contributed by atoms with E-state index < -0.39 is 0 Å². The number of hydrogen-bond donors (Lipinski definition) is 1. The smallest absolute Gasteiger partial charge is 0.231 e. The highest BCUT2D eigenvalue weighted by Crippen LogP contribution is 2.34. The number of likely N-dealkylation sites (tertiary alicyclic amines) is 1. The Labute approximate surface area is 139 Å². The molecule has 2 amide bonds. The molecule has 2 heterocycles. The van der Waals surface area contributed by atoms with E-state index >= 15 is 0 Å². The van der Waals surface area contributed by atoms with Crippen LogP contribution in [0.15, 0.2) is 18.2 Å². The van der Waals surface area contributed by atoms with Crippen molar-refractivity contribution in [1.29, 1.82) is 0 Å². The predicted molar refractivity (Wildman–Crippen MR) is 84.6 cm³/mol. The number of carbonyl (C=O) groups is 2. The Bertz CT molecular complexity index is 707. The van der Waals surface area contributed by atoms with Crippen molar-refractivity contribution in [3.8, 4) is 29.1 Å². The normalized spacial score (nSPS) is 18.1. The van der Waals surface area contributed by atoms with Crippen LogP contribution in [0, 0.1) is 17.8 Å². The molecule has 1 aromatic rings. The second kappa shape index (κ2) is 7.13. The van der Waals surface area contributed by atoms with Gasteiger partial charge in [-0.15, -0.1) is 0 Å². The number of ether oxygens (including phenoxy) is 3. The molecular weight excluding hydrogens is 312 g/mol. The van der Waals surface area contributed by atoms with Gasteiger partial charge in [0.05, 0.1) is 12.5 Å². The van der Waals surface area contributed by atoms with Gasteiger partial charge in [0.1, 0.15) is 12.4 Å². The molecule has 3 rings (SSSR count). The van der Waals surface area contributed by atoms with Gasteiger partial charge in [-0.2, -0.15) is 0 Å². The van der Waals surface area contributed by atoms with Gasteiger partial charge in [0.15, 0.2) is 11.5 Å². The fourth-order valence-corrected chi connectivity index (χ4v) is 2.51. The summed E-state index contributed by atoms with van der Waals surface area (Å²) < 4.78 is 16.0. The summed E-state index contributed by atoms with van der Waals surface area (Å²) in [5, 5.41) is 2.71. The van der Waals surface area contributed by atoms with Gasteiger partial charge < -0.3 is 24.4 Å². The van der Waals surface area contributed by atoms with E-state index in [1.165, 1.54) is 0 Å². The summed E-state index contributed by atoms with van der Waals surface area (Å²) in [6, 6.07) is 5.31. The van der Waals surface area contributed by atoms with E-state index in [0.717, 1.165) is 0 Å². The number of rotatable bonds is 4. The molecule has 7 heteroatoms. The molecule has 2 aliphatic heterocycles. The van der Waals surface area contributed by atoms with E-state index in [0.29, 0.717) is 23.8 Å². The average molecular weight is 330 g/mol. The Kier molecular flexibility index (Phi) is 4.75. The van der Waals surface area contributed by atoms with Crippen LogP contribution in [0.3, 0.4) is 0 Å². The van der Waals surface area contributed by atoms with Crippen molar-refractivity contribution in [2.24, 2.45) is 5.92 Å². The highest BCUT2D eigenvalue weighted by molar-refractivity contribution is 5.89. The zero-order valence-electron chi connectivity index (χ0n) is 13.3. The molecule has 0 unspecified atom stereocenters. The highest BCUT2D eigenvalue weighted by Gasteiger charge is 2.31. The number of nitrogens with zero attached hydrogens (tertiary/aromatic N) is 1. The first-order valence-electron chi connectivity index (χ1n) is 7.63. The molecule has 0 spiro atoms. The van der Waals surface area contributed by atoms with E-state index in [1.807, 2.05) is 0 Å². The van der Waals surface area contributed by atoms with E-state index in [2.05, 4.69) is 17.2 Å². The first-order chi connectivity index (χ1) is 11.6. The Morgan fingerprint density at radius 3 is 3.00 bits per heavy atom. The molecule has 1 atom stereocenters. The molecule has 2 aliphatic rings. The molecule has 1 aromatic carbocycles. The maximum atomic E-state index is 11.9. The molecule has 0 saturated carbocycles. The van der Waals surface area contributed by atoms with Crippen molar-refractivity contribution in [3.05, 3.63) is 18.2 Å². The van der Waals surface area contributed by atoms with Crippen molar-refractivity contribution < 1.29 is 23.8 Å². The number of benzene rings is 1. The Balaban J connectivity index is 1.37. The molecule has 126 valence electrons. The van der Waals surface area contributed by atoms with Crippen LogP contribution >= 0.6 is 0 Å². The molecule has 0 aromatic heterocycles. The zero-order chi connectivity index (χ0) is 16.9. The molecular formula is C17H18N2O5. The van der Waals surface area contributed by atoms with Crippen molar-refractivity contribution in [1.82, 2.24) is 10.2 Å². The lowest BCUT2D eigenvalue weighted by atomic mass is 10.1. The summed E-state index contributed by atoms with van der Waals surface area (Å²) in [4.78, 5) is 24.8. The van der Waals surface area contributed by atoms with Crippen molar-refractivity contribution in [2.45, 2.75) is 6.42 Å². The summed E-state index contributed by atoms with van der Waals surface area (Å²) in [5.41, 5.74) is 0. The van der Waals surface area contributed by atoms with Gasteiger partial charge in [-0.05, 0) is 12.1 Å². The minimum Gasteiger partial charge on any atom is -0.481 e. The molecule has 7 nitrogen and oxygen atoms in total. The number of nitrogens with one attached hydrogen (secondary N) is 1. The van der Waals surface area contributed by atoms with Gasteiger partial charge in [0, 0.05) is 26.1 Å². The summed E-state index contributed by atoms with van der Waals surface area (Å²) in [7, 11) is 1.70. The first-order valence-corrected chi connectivity index (χ1v) is 7.63.